The Labute approximate surface area is 97.0 Å². The van der Waals surface area contributed by atoms with Crippen molar-refractivity contribution in [3.05, 3.63) is 41.1 Å². The van der Waals surface area contributed by atoms with Crippen molar-refractivity contribution < 1.29 is 17.8 Å². The summed E-state index contributed by atoms with van der Waals surface area (Å²) in [5, 5.41) is 7.60. The molecule has 4 N–H and O–H groups in total. The van der Waals surface area contributed by atoms with Crippen molar-refractivity contribution in [3.8, 4) is 0 Å². The molecule has 17 heavy (non-hydrogen) atoms. The number of rotatable bonds is 1. The van der Waals surface area contributed by atoms with Gasteiger partial charge in [0.1, 0.15) is 0 Å². The van der Waals surface area contributed by atoms with Gasteiger partial charge in [-0.05, 0) is 18.2 Å². The maximum Gasteiger partial charge on any atom is 0.294 e. The van der Waals surface area contributed by atoms with Crippen LogP contribution in [-0.4, -0.2) is 24.5 Å². The minimum absolute atomic E-state index is 0.00475. The fraction of sp³-hybridized carbons (Fsp3) is 0. The Morgan fingerprint density at radius 3 is 2.47 bits per heavy atom. The van der Waals surface area contributed by atoms with Gasteiger partial charge in [-0.15, -0.1) is 0 Å². The molecule has 1 aromatic carbocycles. The van der Waals surface area contributed by atoms with E-state index in [4.69, 9.17) is 15.7 Å². The van der Waals surface area contributed by atoms with Gasteiger partial charge in [-0.2, -0.15) is 8.42 Å². The largest absolute Gasteiger partial charge is 0.395 e. The zero-order valence-corrected chi connectivity index (χ0v) is 9.28. The van der Waals surface area contributed by atoms with E-state index in [9.17, 15) is 13.2 Å². The first-order valence-electron chi connectivity index (χ1n) is 4.53. The van der Waals surface area contributed by atoms with E-state index in [0.29, 0.717) is 0 Å². The minimum Gasteiger partial charge on any atom is -0.395 e. The molecule has 1 aliphatic carbocycles. The van der Waals surface area contributed by atoms with E-state index in [0.717, 1.165) is 12.1 Å². The minimum atomic E-state index is -4.38. The molecule has 0 spiro atoms. The summed E-state index contributed by atoms with van der Waals surface area (Å²) in [6, 6.07) is 3.44. The summed E-state index contributed by atoms with van der Waals surface area (Å²) in [5.74, 6) is -0.554. The molecule has 0 saturated carbocycles. The van der Waals surface area contributed by atoms with Crippen molar-refractivity contribution >= 4 is 21.6 Å². The standard InChI is InChI=1S/C10H8N2O4S/c11-8-4-9(12)10(13)7-3-5(17(14,15)16)1-2-6(7)8/h1-4,11H,12H2,(H,14,15,16). The molecular formula is C10H8N2O4S. The van der Waals surface area contributed by atoms with Crippen molar-refractivity contribution in [1.82, 2.24) is 0 Å². The Balaban J connectivity index is 2.71. The van der Waals surface area contributed by atoms with Gasteiger partial charge in [0.05, 0.1) is 16.3 Å². The summed E-state index contributed by atoms with van der Waals surface area (Å²) in [4.78, 5) is 11.3. The van der Waals surface area contributed by atoms with Gasteiger partial charge in [-0.3, -0.25) is 9.35 Å². The van der Waals surface area contributed by atoms with Crippen molar-refractivity contribution in [1.29, 1.82) is 5.41 Å². The highest BCUT2D eigenvalue weighted by Gasteiger charge is 2.24. The lowest BCUT2D eigenvalue weighted by Crippen LogP contribution is -2.22. The molecule has 7 heteroatoms. The smallest absolute Gasteiger partial charge is 0.294 e. The van der Waals surface area contributed by atoms with E-state index >= 15 is 0 Å². The number of ketones is 1. The highest BCUT2D eigenvalue weighted by molar-refractivity contribution is 7.85. The van der Waals surface area contributed by atoms with Crippen LogP contribution in [0.2, 0.25) is 0 Å². The number of hydrogen-bond acceptors (Lipinski definition) is 5. The molecule has 88 valence electrons. The second-order valence-electron chi connectivity index (χ2n) is 3.52. The number of nitrogens with one attached hydrogen (secondary N) is 1. The first-order valence-corrected chi connectivity index (χ1v) is 5.97. The van der Waals surface area contributed by atoms with Gasteiger partial charge in [0.25, 0.3) is 10.1 Å². The first-order chi connectivity index (χ1) is 7.80. The summed E-state index contributed by atoms with van der Waals surface area (Å²) in [7, 11) is -4.38. The zero-order chi connectivity index (χ0) is 12.8. The van der Waals surface area contributed by atoms with Crippen molar-refractivity contribution in [2.75, 3.05) is 0 Å². The van der Waals surface area contributed by atoms with Gasteiger partial charge < -0.3 is 11.1 Å². The molecule has 0 fully saturated rings. The number of carbonyl (C=O) groups is 1. The van der Waals surface area contributed by atoms with E-state index in [1.165, 1.54) is 12.1 Å². The van der Waals surface area contributed by atoms with E-state index in [1.54, 1.807) is 0 Å². The lowest BCUT2D eigenvalue weighted by molar-refractivity contribution is 0.103. The second-order valence-corrected chi connectivity index (χ2v) is 4.95. The van der Waals surface area contributed by atoms with Gasteiger partial charge in [0.15, 0.2) is 0 Å². The first kappa shape index (κ1) is 11.5. The molecule has 1 aromatic rings. The highest BCUT2D eigenvalue weighted by atomic mass is 32.2. The summed E-state index contributed by atoms with van der Waals surface area (Å²) in [6.07, 6.45) is 1.21. The maximum absolute atomic E-state index is 11.7. The molecule has 0 radical (unpaired) electrons. The van der Waals surface area contributed by atoms with Crippen LogP contribution < -0.4 is 5.73 Å². The van der Waals surface area contributed by atoms with Crippen LogP contribution in [0.3, 0.4) is 0 Å². The van der Waals surface area contributed by atoms with E-state index in [1.807, 2.05) is 0 Å². The zero-order valence-electron chi connectivity index (χ0n) is 8.47. The predicted molar refractivity (Wildman–Crippen MR) is 59.7 cm³/mol. The molecular weight excluding hydrogens is 244 g/mol. The Morgan fingerprint density at radius 1 is 1.24 bits per heavy atom. The van der Waals surface area contributed by atoms with Crippen LogP contribution in [-0.2, 0) is 10.1 Å². The Kier molecular flexibility index (Phi) is 2.37. The number of fused-ring (bicyclic) bond motifs is 1. The average Bonchev–Trinajstić information content (AvgIpc) is 2.24. The molecule has 0 saturated heterocycles. The van der Waals surface area contributed by atoms with Crippen LogP contribution in [0.1, 0.15) is 15.9 Å². The summed E-state index contributed by atoms with van der Waals surface area (Å²) < 4.78 is 30.7. The Morgan fingerprint density at radius 2 is 1.88 bits per heavy atom. The third-order valence-electron chi connectivity index (χ3n) is 2.39. The Bertz CT molecular complexity index is 674. The summed E-state index contributed by atoms with van der Waals surface area (Å²) in [6.45, 7) is 0. The monoisotopic (exact) mass is 252 g/mol. The van der Waals surface area contributed by atoms with E-state index in [-0.39, 0.29) is 22.5 Å². The van der Waals surface area contributed by atoms with Crippen LogP contribution in [0, 0.1) is 5.41 Å². The van der Waals surface area contributed by atoms with Gasteiger partial charge in [-0.1, -0.05) is 6.07 Å². The topological polar surface area (TPSA) is 121 Å². The SMILES string of the molecule is N=C1C=C(N)C(=O)c2cc(S(=O)(=O)O)ccc21. The van der Waals surface area contributed by atoms with Crippen LogP contribution in [0.25, 0.3) is 0 Å². The van der Waals surface area contributed by atoms with Crippen molar-refractivity contribution in [2.45, 2.75) is 4.90 Å². The Hall–Kier alpha value is -1.99. The van der Waals surface area contributed by atoms with Crippen LogP contribution in [0.5, 0.6) is 0 Å². The molecule has 0 bridgehead atoms. The molecule has 2 rings (SSSR count). The van der Waals surface area contributed by atoms with Crippen LogP contribution in [0.15, 0.2) is 34.9 Å². The number of benzene rings is 1. The molecule has 6 nitrogen and oxygen atoms in total. The quantitative estimate of drug-likeness (QED) is 0.622. The normalized spacial score (nSPS) is 15.5. The lowest BCUT2D eigenvalue weighted by atomic mass is 9.92. The average molecular weight is 252 g/mol. The molecule has 0 amide bonds. The van der Waals surface area contributed by atoms with Crippen LogP contribution in [0.4, 0.5) is 0 Å². The molecule has 0 atom stereocenters. The van der Waals surface area contributed by atoms with Gasteiger partial charge in [0.2, 0.25) is 5.78 Å². The number of nitrogens with two attached hydrogens (primary N) is 1. The molecule has 0 aromatic heterocycles. The maximum atomic E-state index is 11.7. The summed E-state index contributed by atoms with van der Waals surface area (Å²) in [5.41, 5.74) is 5.59. The third-order valence-corrected chi connectivity index (χ3v) is 3.24. The predicted octanol–water partition coefficient (Wildman–Crippen LogP) is 0.340. The van der Waals surface area contributed by atoms with E-state index in [2.05, 4.69) is 0 Å². The second kappa shape index (κ2) is 3.51. The number of allylic oxidation sites excluding steroid dienone is 2. The van der Waals surface area contributed by atoms with E-state index < -0.39 is 20.8 Å². The fourth-order valence-electron chi connectivity index (χ4n) is 1.56. The lowest BCUT2D eigenvalue weighted by Gasteiger charge is -2.14. The third kappa shape index (κ3) is 1.85. The highest BCUT2D eigenvalue weighted by Crippen LogP contribution is 2.22. The molecule has 1 aliphatic rings. The number of carbonyl (C=O) groups excluding carboxylic acids is 1. The van der Waals surface area contributed by atoms with Crippen molar-refractivity contribution in [3.63, 3.8) is 0 Å². The molecule has 0 heterocycles. The fourth-order valence-corrected chi connectivity index (χ4v) is 2.07. The molecule has 0 aliphatic heterocycles. The number of hydrogen-bond donors (Lipinski definition) is 3. The van der Waals surface area contributed by atoms with Gasteiger partial charge in [0, 0.05) is 11.1 Å². The van der Waals surface area contributed by atoms with Gasteiger partial charge >= 0.3 is 0 Å². The van der Waals surface area contributed by atoms with Crippen LogP contribution >= 0.6 is 0 Å². The summed E-state index contributed by atoms with van der Waals surface area (Å²) >= 11 is 0. The van der Waals surface area contributed by atoms with Crippen molar-refractivity contribution in [2.24, 2.45) is 5.73 Å². The number of Topliss-reactive ketones (excluding diaryl/α,β-unsaturated/α-hetero) is 1. The van der Waals surface area contributed by atoms with Gasteiger partial charge in [-0.25, -0.2) is 0 Å². The molecule has 0 unspecified atom stereocenters.